The molecule has 1 atom stereocenters. The standard InChI is InChI=1S/C17H21B/c1-2-9-16(18)17(14-10-5-3-6-11-14)15-12-7-4-8-13-15/h3-8,10-13,16-17H,2,9,18H2,1H3. The molecule has 1 unspecified atom stereocenters. The Hall–Kier alpha value is -1.50. The summed E-state index contributed by atoms with van der Waals surface area (Å²) >= 11 is 0. The molecule has 0 amide bonds. The first-order chi connectivity index (χ1) is 8.83. The molecule has 2 rings (SSSR count). The molecule has 0 heterocycles. The lowest BCUT2D eigenvalue weighted by atomic mass is 9.68. The monoisotopic (exact) mass is 236 g/mol. The van der Waals surface area contributed by atoms with Crippen molar-refractivity contribution < 1.29 is 0 Å². The Balaban J connectivity index is 2.35. The van der Waals surface area contributed by atoms with Gasteiger partial charge in [-0.3, -0.25) is 0 Å². The Kier molecular flexibility index (Phi) is 4.63. The quantitative estimate of drug-likeness (QED) is 0.687. The van der Waals surface area contributed by atoms with Crippen molar-refractivity contribution in [1.82, 2.24) is 0 Å². The predicted octanol–water partition coefficient (Wildman–Crippen LogP) is 4.04. The molecule has 0 aliphatic rings. The first-order valence-electron chi connectivity index (χ1n) is 6.92. The van der Waals surface area contributed by atoms with Crippen molar-refractivity contribution >= 4 is 7.85 Å². The molecule has 92 valence electrons. The second-order valence-electron chi connectivity index (χ2n) is 5.06. The molecule has 0 fully saturated rings. The summed E-state index contributed by atoms with van der Waals surface area (Å²) in [4.78, 5) is 0. The van der Waals surface area contributed by atoms with E-state index in [1.54, 1.807) is 0 Å². The Morgan fingerprint density at radius 3 is 1.67 bits per heavy atom. The largest absolute Gasteiger partial charge is 0.106 e. The smallest absolute Gasteiger partial charge is 0.0654 e. The zero-order chi connectivity index (χ0) is 12.8. The zero-order valence-electron chi connectivity index (χ0n) is 11.3. The van der Waals surface area contributed by atoms with Crippen LogP contribution in [0.15, 0.2) is 60.7 Å². The highest BCUT2D eigenvalue weighted by molar-refractivity contribution is 6.12. The van der Waals surface area contributed by atoms with Crippen LogP contribution in [-0.2, 0) is 0 Å². The average molecular weight is 236 g/mol. The molecule has 1 heteroatoms. The maximum Gasteiger partial charge on any atom is 0.106 e. The molecule has 0 spiro atoms. The normalized spacial score (nSPS) is 12.6. The number of hydrogen-bond acceptors (Lipinski definition) is 0. The third-order valence-corrected chi connectivity index (χ3v) is 3.63. The summed E-state index contributed by atoms with van der Waals surface area (Å²) < 4.78 is 0. The Bertz CT molecular complexity index is 410. The van der Waals surface area contributed by atoms with Crippen LogP contribution in [0.4, 0.5) is 0 Å². The van der Waals surface area contributed by atoms with Crippen molar-refractivity contribution in [3.8, 4) is 0 Å². The van der Waals surface area contributed by atoms with E-state index in [0.717, 1.165) is 0 Å². The Morgan fingerprint density at radius 1 is 0.833 bits per heavy atom. The summed E-state index contributed by atoms with van der Waals surface area (Å²) in [5.74, 6) is 1.20. The molecule has 0 aromatic heterocycles. The number of hydrogen-bond donors (Lipinski definition) is 0. The van der Waals surface area contributed by atoms with Gasteiger partial charge in [0.25, 0.3) is 0 Å². The van der Waals surface area contributed by atoms with Crippen molar-refractivity contribution in [3.05, 3.63) is 71.8 Å². The third kappa shape index (κ3) is 3.04. The summed E-state index contributed by atoms with van der Waals surface area (Å²) in [6, 6.07) is 21.8. The topological polar surface area (TPSA) is 0 Å². The van der Waals surface area contributed by atoms with E-state index in [4.69, 9.17) is 0 Å². The SMILES string of the molecule is BC(CCC)C(c1ccccc1)c1ccccc1. The van der Waals surface area contributed by atoms with Crippen LogP contribution >= 0.6 is 0 Å². The molecule has 2 aromatic carbocycles. The van der Waals surface area contributed by atoms with Gasteiger partial charge in [-0.15, -0.1) is 0 Å². The summed E-state index contributed by atoms with van der Waals surface area (Å²) in [7, 11) is 2.37. The van der Waals surface area contributed by atoms with Gasteiger partial charge in [0.2, 0.25) is 0 Å². The Morgan fingerprint density at radius 2 is 1.28 bits per heavy atom. The van der Waals surface area contributed by atoms with Gasteiger partial charge in [0.15, 0.2) is 0 Å². The molecule has 2 aromatic rings. The summed E-state index contributed by atoms with van der Waals surface area (Å²) in [5.41, 5.74) is 2.87. The molecule has 0 nitrogen and oxygen atoms in total. The summed E-state index contributed by atoms with van der Waals surface area (Å²) in [6.07, 6.45) is 2.52. The van der Waals surface area contributed by atoms with E-state index in [2.05, 4.69) is 75.4 Å². The number of rotatable bonds is 5. The second kappa shape index (κ2) is 6.44. The van der Waals surface area contributed by atoms with Crippen LogP contribution in [0, 0.1) is 0 Å². The highest BCUT2D eigenvalue weighted by Crippen LogP contribution is 2.36. The third-order valence-electron chi connectivity index (χ3n) is 3.63. The van der Waals surface area contributed by atoms with Gasteiger partial charge in [-0.2, -0.15) is 0 Å². The van der Waals surface area contributed by atoms with Gasteiger partial charge < -0.3 is 0 Å². The van der Waals surface area contributed by atoms with Gasteiger partial charge in [0.05, 0.1) is 0 Å². The van der Waals surface area contributed by atoms with Crippen LogP contribution in [0.2, 0.25) is 5.82 Å². The fourth-order valence-electron chi connectivity index (χ4n) is 2.79. The first kappa shape index (κ1) is 12.9. The number of benzene rings is 2. The predicted molar refractivity (Wildman–Crippen MR) is 81.9 cm³/mol. The van der Waals surface area contributed by atoms with E-state index in [-0.39, 0.29) is 0 Å². The van der Waals surface area contributed by atoms with E-state index >= 15 is 0 Å². The lowest BCUT2D eigenvalue weighted by Crippen LogP contribution is -2.09. The van der Waals surface area contributed by atoms with E-state index in [9.17, 15) is 0 Å². The van der Waals surface area contributed by atoms with Crippen molar-refractivity contribution in [2.45, 2.75) is 31.5 Å². The fraction of sp³-hybridized carbons (Fsp3) is 0.294. The van der Waals surface area contributed by atoms with Crippen LogP contribution in [0.1, 0.15) is 36.8 Å². The second-order valence-corrected chi connectivity index (χ2v) is 5.06. The minimum atomic E-state index is 0.521. The summed E-state index contributed by atoms with van der Waals surface area (Å²) in [5, 5.41) is 0. The van der Waals surface area contributed by atoms with E-state index < -0.39 is 0 Å². The zero-order valence-corrected chi connectivity index (χ0v) is 11.3. The fourth-order valence-corrected chi connectivity index (χ4v) is 2.79. The van der Waals surface area contributed by atoms with Crippen LogP contribution in [-0.4, -0.2) is 7.85 Å². The van der Waals surface area contributed by atoms with Crippen LogP contribution < -0.4 is 0 Å². The molecule has 0 saturated heterocycles. The molecule has 0 saturated carbocycles. The van der Waals surface area contributed by atoms with Gasteiger partial charge >= 0.3 is 0 Å². The van der Waals surface area contributed by atoms with E-state index in [1.807, 2.05) is 0 Å². The average Bonchev–Trinajstić information content (AvgIpc) is 2.42. The van der Waals surface area contributed by atoms with Crippen molar-refractivity contribution in [1.29, 1.82) is 0 Å². The molecule has 0 bridgehead atoms. The van der Waals surface area contributed by atoms with Crippen LogP contribution in [0.5, 0.6) is 0 Å². The molecule has 0 N–H and O–H groups in total. The van der Waals surface area contributed by atoms with Crippen LogP contribution in [0.3, 0.4) is 0 Å². The van der Waals surface area contributed by atoms with Gasteiger partial charge in [-0.1, -0.05) is 86.2 Å². The maximum absolute atomic E-state index is 2.37. The first-order valence-corrected chi connectivity index (χ1v) is 6.92. The lowest BCUT2D eigenvalue weighted by Gasteiger charge is -2.25. The molecular weight excluding hydrogens is 215 g/mol. The van der Waals surface area contributed by atoms with E-state index in [0.29, 0.717) is 11.7 Å². The molecule has 0 radical (unpaired) electrons. The van der Waals surface area contributed by atoms with Crippen molar-refractivity contribution in [2.75, 3.05) is 0 Å². The molecule has 18 heavy (non-hydrogen) atoms. The highest BCUT2D eigenvalue weighted by atomic mass is 14.2. The van der Waals surface area contributed by atoms with E-state index in [1.165, 1.54) is 24.0 Å². The Labute approximate surface area is 111 Å². The van der Waals surface area contributed by atoms with Gasteiger partial charge in [0.1, 0.15) is 7.85 Å². The van der Waals surface area contributed by atoms with Gasteiger partial charge in [0, 0.05) is 5.92 Å². The molecule has 0 aliphatic carbocycles. The van der Waals surface area contributed by atoms with Crippen molar-refractivity contribution in [3.63, 3.8) is 0 Å². The minimum absolute atomic E-state index is 0.521. The van der Waals surface area contributed by atoms with Crippen LogP contribution in [0.25, 0.3) is 0 Å². The van der Waals surface area contributed by atoms with Gasteiger partial charge in [-0.25, -0.2) is 0 Å². The van der Waals surface area contributed by atoms with Gasteiger partial charge in [-0.05, 0) is 11.1 Å². The lowest BCUT2D eigenvalue weighted by molar-refractivity contribution is 0.649. The van der Waals surface area contributed by atoms with Crippen molar-refractivity contribution in [2.24, 2.45) is 0 Å². The minimum Gasteiger partial charge on any atom is -0.0654 e. The maximum atomic E-state index is 2.37. The molecule has 0 aliphatic heterocycles. The highest BCUT2D eigenvalue weighted by Gasteiger charge is 2.20. The summed E-state index contributed by atoms with van der Waals surface area (Å²) in [6.45, 7) is 2.27. The molecular formula is C17H21B.